The van der Waals surface area contributed by atoms with Crippen molar-refractivity contribution in [2.45, 2.75) is 19.5 Å². The molecule has 1 aromatic heterocycles. The molecule has 0 fully saturated rings. The number of carboxylic acids is 1. The van der Waals surface area contributed by atoms with E-state index in [1.165, 1.54) is 0 Å². The van der Waals surface area contributed by atoms with Crippen LogP contribution in [0.15, 0.2) is 6.20 Å². The summed E-state index contributed by atoms with van der Waals surface area (Å²) >= 11 is 0. The first-order valence-electron chi connectivity index (χ1n) is 4.24. The summed E-state index contributed by atoms with van der Waals surface area (Å²) in [5.74, 6) is -1.75. The number of carboxylic acid groups (broad SMARTS) is 1. The van der Waals surface area contributed by atoms with Crippen LogP contribution in [0.5, 0.6) is 0 Å². The highest BCUT2D eigenvalue weighted by Crippen LogP contribution is 2.35. The predicted molar refractivity (Wildman–Crippen MR) is 45.9 cm³/mol. The third-order valence-corrected chi connectivity index (χ3v) is 2.09. The van der Waals surface area contributed by atoms with Gasteiger partial charge in [-0.25, -0.2) is 13.6 Å². The van der Waals surface area contributed by atoms with E-state index < -0.39 is 41.0 Å². The largest absolute Gasteiger partial charge is 0.478 e. The maximum atomic E-state index is 12.6. The van der Waals surface area contributed by atoms with Crippen molar-refractivity contribution in [1.29, 1.82) is 0 Å². The van der Waals surface area contributed by atoms with Crippen LogP contribution in [0, 0.1) is 6.92 Å². The molecular formula is C9H6F5NO2. The van der Waals surface area contributed by atoms with Crippen molar-refractivity contribution in [2.75, 3.05) is 0 Å². The van der Waals surface area contributed by atoms with E-state index in [4.69, 9.17) is 5.11 Å². The van der Waals surface area contributed by atoms with Gasteiger partial charge in [-0.3, -0.25) is 4.98 Å². The minimum atomic E-state index is -4.90. The first-order chi connectivity index (χ1) is 7.66. The van der Waals surface area contributed by atoms with E-state index in [1.807, 2.05) is 0 Å². The van der Waals surface area contributed by atoms with Gasteiger partial charge < -0.3 is 5.11 Å². The number of aromatic nitrogens is 1. The Hall–Kier alpha value is -1.73. The number of halogens is 5. The zero-order chi connectivity index (χ0) is 13.4. The molecule has 1 heterocycles. The van der Waals surface area contributed by atoms with Crippen LogP contribution >= 0.6 is 0 Å². The number of hydrogen-bond acceptors (Lipinski definition) is 2. The number of aromatic carboxylic acids is 1. The molecule has 0 aliphatic heterocycles. The summed E-state index contributed by atoms with van der Waals surface area (Å²) in [4.78, 5) is 13.5. The summed E-state index contributed by atoms with van der Waals surface area (Å²) in [5.41, 5.74) is -4.45. The number of hydrogen-bond donors (Lipinski definition) is 1. The SMILES string of the molecule is Cc1c(C(F)(F)F)ncc(C(=O)O)c1C(F)F. The fourth-order valence-corrected chi connectivity index (χ4v) is 1.36. The van der Waals surface area contributed by atoms with E-state index in [9.17, 15) is 26.7 Å². The Kier molecular flexibility index (Phi) is 3.35. The Balaban J connectivity index is 3.55. The minimum Gasteiger partial charge on any atom is -0.478 e. The second kappa shape index (κ2) is 4.27. The van der Waals surface area contributed by atoms with Crippen molar-refractivity contribution in [3.05, 3.63) is 28.6 Å². The van der Waals surface area contributed by atoms with Crippen LogP contribution in [-0.4, -0.2) is 16.1 Å². The Bertz CT molecular complexity index is 455. The van der Waals surface area contributed by atoms with Crippen LogP contribution < -0.4 is 0 Å². The normalized spacial score (nSPS) is 11.9. The Labute approximate surface area is 91.9 Å². The van der Waals surface area contributed by atoms with Crippen LogP contribution in [0.1, 0.15) is 33.6 Å². The van der Waals surface area contributed by atoms with E-state index in [-0.39, 0.29) is 0 Å². The van der Waals surface area contributed by atoms with Crippen molar-refractivity contribution in [2.24, 2.45) is 0 Å². The lowest BCUT2D eigenvalue weighted by Crippen LogP contribution is -2.15. The summed E-state index contributed by atoms with van der Waals surface area (Å²) in [7, 11) is 0. The molecule has 0 atom stereocenters. The predicted octanol–water partition coefficient (Wildman–Crippen LogP) is 3.04. The molecule has 0 unspecified atom stereocenters. The zero-order valence-corrected chi connectivity index (χ0v) is 8.35. The second-order valence-corrected chi connectivity index (χ2v) is 3.16. The van der Waals surface area contributed by atoms with Gasteiger partial charge >= 0.3 is 12.1 Å². The Morgan fingerprint density at radius 1 is 1.41 bits per heavy atom. The molecule has 17 heavy (non-hydrogen) atoms. The topological polar surface area (TPSA) is 50.2 Å². The van der Waals surface area contributed by atoms with Crippen LogP contribution in [0.3, 0.4) is 0 Å². The van der Waals surface area contributed by atoms with Gasteiger partial charge in [0.15, 0.2) is 0 Å². The van der Waals surface area contributed by atoms with Gasteiger partial charge in [0.1, 0.15) is 5.69 Å². The van der Waals surface area contributed by atoms with Crippen LogP contribution in [0.25, 0.3) is 0 Å². The second-order valence-electron chi connectivity index (χ2n) is 3.16. The molecule has 0 aromatic carbocycles. The molecule has 0 saturated carbocycles. The first-order valence-corrected chi connectivity index (χ1v) is 4.24. The van der Waals surface area contributed by atoms with Gasteiger partial charge in [0.2, 0.25) is 0 Å². The lowest BCUT2D eigenvalue weighted by atomic mass is 10.0. The summed E-state index contributed by atoms with van der Waals surface area (Å²) in [6.07, 6.45) is -7.92. The molecule has 0 bridgehead atoms. The monoisotopic (exact) mass is 255 g/mol. The number of pyridine rings is 1. The van der Waals surface area contributed by atoms with E-state index in [1.54, 1.807) is 0 Å². The average molecular weight is 255 g/mol. The molecule has 0 spiro atoms. The van der Waals surface area contributed by atoms with Crippen molar-refractivity contribution in [3.8, 4) is 0 Å². The molecule has 0 radical (unpaired) electrons. The van der Waals surface area contributed by atoms with Gasteiger partial charge in [-0.2, -0.15) is 13.2 Å². The number of rotatable bonds is 2. The van der Waals surface area contributed by atoms with Crippen LogP contribution in [0.4, 0.5) is 22.0 Å². The first kappa shape index (κ1) is 13.3. The highest BCUT2D eigenvalue weighted by molar-refractivity contribution is 5.89. The summed E-state index contributed by atoms with van der Waals surface area (Å²) < 4.78 is 62.2. The maximum Gasteiger partial charge on any atom is 0.433 e. The highest BCUT2D eigenvalue weighted by Gasteiger charge is 2.37. The lowest BCUT2D eigenvalue weighted by Gasteiger charge is -2.14. The molecule has 0 amide bonds. The van der Waals surface area contributed by atoms with Crippen molar-refractivity contribution in [3.63, 3.8) is 0 Å². The molecule has 94 valence electrons. The molecule has 1 rings (SSSR count). The fraction of sp³-hybridized carbons (Fsp3) is 0.333. The third-order valence-electron chi connectivity index (χ3n) is 2.09. The minimum absolute atomic E-state index is 0.291. The van der Waals surface area contributed by atoms with Gasteiger partial charge in [0, 0.05) is 11.8 Å². The van der Waals surface area contributed by atoms with Gasteiger partial charge in [0.25, 0.3) is 6.43 Å². The standard InChI is InChI=1S/C9H6F5NO2/c1-3-5(7(10)11)4(8(16)17)2-15-6(3)9(12,13)14/h2,7H,1H3,(H,16,17). The lowest BCUT2D eigenvalue weighted by molar-refractivity contribution is -0.141. The van der Waals surface area contributed by atoms with Gasteiger partial charge in [-0.1, -0.05) is 0 Å². The molecule has 0 aliphatic rings. The number of carbonyl (C=O) groups is 1. The summed E-state index contributed by atoms with van der Waals surface area (Å²) in [5, 5.41) is 8.58. The van der Waals surface area contributed by atoms with Gasteiger partial charge in [-0.05, 0) is 12.5 Å². The van der Waals surface area contributed by atoms with E-state index >= 15 is 0 Å². The fourth-order valence-electron chi connectivity index (χ4n) is 1.36. The van der Waals surface area contributed by atoms with Crippen LogP contribution in [0.2, 0.25) is 0 Å². The number of alkyl halides is 5. The van der Waals surface area contributed by atoms with E-state index in [0.717, 1.165) is 6.92 Å². The van der Waals surface area contributed by atoms with Gasteiger partial charge in [-0.15, -0.1) is 0 Å². The molecule has 1 N–H and O–H groups in total. The van der Waals surface area contributed by atoms with Crippen molar-refractivity contribution in [1.82, 2.24) is 4.98 Å². The Morgan fingerprint density at radius 2 is 1.94 bits per heavy atom. The highest BCUT2D eigenvalue weighted by atomic mass is 19.4. The van der Waals surface area contributed by atoms with Gasteiger partial charge in [0.05, 0.1) is 5.56 Å². The Morgan fingerprint density at radius 3 is 2.29 bits per heavy atom. The molecular weight excluding hydrogens is 249 g/mol. The summed E-state index contributed by atoms with van der Waals surface area (Å²) in [6, 6.07) is 0. The van der Waals surface area contributed by atoms with Crippen molar-refractivity contribution >= 4 is 5.97 Å². The molecule has 0 saturated heterocycles. The molecule has 0 aliphatic carbocycles. The van der Waals surface area contributed by atoms with E-state index in [2.05, 4.69) is 4.98 Å². The zero-order valence-electron chi connectivity index (χ0n) is 8.35. The molecule has 8 heteroatoms. The summed E-state index contributed by atoms with van der Waals surface area (Å²) in [6.45, 7) is 0.768. The number of nitrogens with zero attached hydrogens (tertiary/aromatic N) is 1. The molecule has 3 nitrogen and oxygen atoms in total. The van der Waals surface area contributed by atoms with Crippen molar-refractivity contribution < 1.29 is 31.9 Å². The smallest absolute Gasteiger partial charge is 0.433 e. The van der Waals surface area contributed by atoms with Crippen LogP contribution in [-0.2, 0) is 6.18 Å². The van der Waals surface area contributed by atoms with E-state index in [0.29, 0.717) is 6.20 Å². The average Bonchev–Trinajstić information content (AvgIpc) is 2.13. The quantitative estimate of drug-likeness (QED) is 0.826. The third kappa shape index (κ3) is 2.51. The molecule has 1 aromatic rings. The maximum absolute atomic E-state index is 12.6.